The van der Waals surface area contributed by atoms with Crippen molar-refractivity contribution in [2.45, 2.75) is 58.2 Å². The monoisotopic (exact) mass is 265 g/mol. The molecule has 0 amide bonds. The van der Waals surface area contributed by atoms with Gasteiger partial charge in [-0.2, -0.15) is 5.10 Å². The molecule has 0 aromatic carbocycles. The van der Waals surface area contributed by atoms with E-state index in [2.05, 4.69) is 23.8 Å². The van der Waals surface area contributed by atoms with E-state index in [4.69, 9.17) is 5.11 Å². The summed E-state index contributed by atoms with van der Waals surface area (Å²) in [6.07, 6.45) is 8.54. The first kappa shape index (κ1) is 14.1. The minimum atomic E-state index is -0.747. The predicted octanol–water partition coefficient (Wildman–Crippen LogP) is 2.29. The number of nitrogens with zero attached hydrogens (tertiary/aromatic N) is 3. The lowest BCUT2D eigenvalue weighted by atomic mass is 10.2. The van der Waals surface area contributed by atoms with E-state index in [1.807, 2.05) is 17.1 Å². The van der Waals surface area contributed by atoms with Crippen molar-refractivity contribution in [3.8, 4) is 0 Å². The Morgan fingerprint density at radius 2 is 2.21 bits per heavy atom. The zero-order valence-electron chi connectivity index (χ0n) is 11.7. The Bertz CT molecular complexity index is 422. The molecule has 2 rings (SSSR count). The number of hydrogen-bond donors (Lipinski definition) is 1. The van der Waals surface area contributed by atoms with Crippen molar-refractivity contribution < 1.29 is 9.90 Å². The van der Waals surface area contributed by atoms with Crippen molar-refractivity contribution in [3.63, 3.8) is 0 Å². The van der Waals surface area contributed by atoms with Crippen LogP contribution in [0.2, 0.25) is 0 Å². The topological polar surface area (TPSA) is 58.4 Å². The number of aliphatic carboxylic acids is 1. The van der Waals surface area contributed by atoms with Crippen LogP contribution in [0.5, 0.6) is 0 Å². The maximum atomic E-state index is 11.0. The van der Waals surface area contributed by atoms with E-state index in [0.29, 0.717) is 18.6 Å². The summed E-state index contributed by atoms with van der Waals surface area (Å²) in [6, 6.07) is 0.756. The average Bonchev–Trinajstić information content (AvgIpc) is 2.98. The summed E-state index contributed by atoms with van der Waals surface area (Å²) in [4.78, 5) is 13.1. The molecule has 1 aromatic heterocycles. The number of rotatable bonds is 6. The normalized spacial score (nSPS) is 16.6. The minimum Gasteiger partial charge on any atom is -0.480 e. The zero-order chi connectivity index (χ0) is 13.8. The van der Waals surface area contributed by atoms with Crippen LogP contribution in [0, 0.1) is 0 Å². The van der Waals surface area contributed by atoms with Gasteiger partial charge in [0.25, 0.3) is 0 Å². The summed E-state index contributed by atoms with van der Waals surface area (Å²) in [7, 11) is 0. The molecule has 5 heteroatoms. The first-order valence-corrected chi connectivity index (χ1v) is 7.05. The van der Waals surface area contributed by atoms with Crippen molar-refractivity contribution in [2.24, 2.45) is 0 Å². The summed E-state index contributed by atoms with van der Waals surface area (Å²) < 4.78 is 1.92. The van der Waals surface area contributed by atoms with Gasteiger partial charge in [0.05, 0.1) is 12.7 Å². The highest BCUT2D eigenvalue weighted by Gasteiger charge is 2.24. The van der Waals surface area contributed by atoms with E-state index >= 15 is 0 Å². The molecular weight excluding hydrogens is 242 g/mol. The molecule has 0 unspecified atom stereocenters. The van der Waals surface area contributed by atoms with E-state index in [0.717, 1.165) is 18.4 Å². The van der Waals surface area contributed by atoms with Crippen LogP contribution < -0.4 is 0 Å². The van der Waals surface area contributed by atoms with Crippen molar-refractivity contribution in [1.82, 2.24) is 14.7 Å². The molecule has 0 atom stereocenters. The average molecular weight is 265 g/mol. The van der Waals surface area contributed by atoms with Crippen molar-refractivity contribution in [2.75, 3.05) is 6.54 Å². The third-order valence-corrected chi connectivity index (χ3v) is 3.75. The van der Waals surface area contributed by atoms with Crippen LogP contribution in [0.4, 0.5) is 0 Å². The van der Waals surface area contributed by atoms with Gasteiger partial charge in [-0.3, -0.25) is 14.4 Å². The second-order valence-electron chi connectivity index (χ2n) is 5.66. The molecule has 5 nitrogen and oxygen atoms in total. The molecule has 1 aliphatic carbocycles. The molecule has 1 aliphatic rings. The number of carbonyl (C=O) groups is 1. The largest absolute Gasteiger partial charge is 0.480 e. The highest BCUT2D eigenvalue weighted by atomic mass is 16.4. The molecular formula is C14H23N3O2. The molecule has 0 spiro atoms. The summed E-state index contributed by atoms with van der Waals surface area (Å²) in [5, 5.41) is 13.4. The smallest absolute Gasteiger partial charge is 0.317 e. The Hall–Kier alpha value is -1.36. The molecule has 19 heavy (non-hydrogen) atoms. The third-order valence-electron chi connectivity index (χ3n) is 3.75. The third kappa shape index (κ3) is 3.80. The molecule has 1 fully saturated rings. The second kappa shape index (κ2) is 6.19. The highest BCUT2D eigenvalue weighted by molar-refractivity contribution is 5.69. The standard InChI is InChI=1S/C14H23N3O2/c1-11(2)17-9-12(7-15-17)8-16(10-14(18)19)13-5-3-4-6-13/h7,9,11,13H,3-6,8,10H2,1-2H3,(H,18,19). The van der Waals surface area contributed by atoms with Gasteiger partial charge in [-0.05, 0) is 26.7 Å². The van der Waals surface area contributed by atoms with Gasteiger partial charge in [0.15, 0.2) is 0 Å². The number of carboxylic acid groups (broad SMARTS) is 1. The van der Waals surface area contributed by atoms with Crippen LogP contribution in [0.1, 0.15) is 51.1 Å². The maximum Gasteiger partial charge on any atom is 0.317 e. The van der Waals surface area contributed by atoms with E-state index in [9.17, 15) is 4.79 Å². The quantitative estimate of drug-likeness (QED) is 0.857. The van der Waals surface area contributed by atoms with Crippen LogP contribution >= 0.6 is 0 Å². The molecule has 1 heterocycles. The molecule has 0 radical (unpaired) electrons. The van der Waals surface area contributed by atoms with E-state index in [-0.39, 0.29) is 6.54 Å². The lowest BCUT2D eigenvalue weighted by molar-refractivity contribution is -0.139. The van der Waals surface area contributed by atoms with Gasteiger partial charge in [0.2, 0.25) is 0 Å². The Morgan fingerprint density at radius 1 is 1.53 bits per heavy atom. The molecule has 1 aromatic rings. The number of aromatic nitrogens is 2. The van der Waals surface area contributed by atoms with Gasteiger partial charge < -0.3 is 5.11 Å². The summed E-state index contributed by atoms with van der Waals surface area (Å²) in [6.45, 7) is 4.98. The summed E-state index contributed by atoms with van der Waals surface area (Å²) in [5.74, 6) is -0.747. The van der Waals surface area contributed by atoms with Crippen LogP contribution in [0.25, 0.3) is 0 Å². The van der Waals surface area contributed by atoms with Gasteiger partial charge in [-0.15, -0.1) is 0 Å². The second-order valence-corrected chi connectivity index (χ2v) is 5.66. The number of hydrogen-bond acceptors (Lipinski definition) is 3. The van der Waals surface area contributed by atoms with Crippen molar-refractivity contribution in [3.05, 3.63) is 18.0 Å². The predicted molar refractivity (Wildman–Crippen MR) is 72.9 cm³/mol. The molecule has 1 saturated carbocycles. The van der Waals surface area contributed by atoms with Crippen molar-refractivity contribution >= 4 is 5.97 Å². The Kier molecular flexibility index (Phi) is 4.58. The Labute approximate surface area is 114 Å². The Morgan fingerprint density at radius 3 is 2.74 bits per heavy atom. The van der Waals surface area contributed by atoms with E-state index in [1.54, 1.807) is 0 Å². The molecule has 0 bridgehead atoms. The highest BCUT2D eigenvalue weighted by Crippen LogP contribution is 2.24. The Balaban J connectivity index is 2.03. The lowest BCUT2D eigenvalue weighted by Gasteiger charge is -2.26. The molecule has 0 saturated heterocycles. The van der Waals surface area contributed by atoms with Gasteiger partial charge in [0.1, 0.15) is 0 Å². The molecule has 106 valence electrons. The van der Waals surface area contributed by atoms with Crippen LogP contribution in [-0.4, -0.2) is 38.3 Å². The molecule has 0 aliphatic heterocycles. The van der Waals surface area contributed by atoms with Gasteiger partial charge >= 0.3 is 5.97 Å². The fraction of sp³-hybridized carbons (Fsp3) is 0.714. The first-order valence-electron chi connectivity index (χ1n) is 7.05. The minimum absolute atomic E-state index is 0.123. The van der Waals surface area contributed by atoms with Crippen LogP contribution in [-0.2, 0) is 11.3 Å². The summed E-state index contributed by atoms with van der Waals surface area (Å²) >= 11 is 0. The van der Waals surface area contributed by atoms with E-state index < -0.39 is 5.97 Å². The van der Waals surface area contributed by atoms with Crippen LogP contribution in [0.15, 0.2) is 12.4 Å². The van der Waals surface area contributed by atoms with Gasteiger partial charge in [0, 0.05) is 30.4 Å². The SMILES string of the molecule is CC(C)n1cc(CN(CC(=O)O)C2CCCC2)cn1. The number of carboxylic acids is 1. The maximum absolute atomic E-state index is 11.0. The first-order chi connectivity index (χ1) is 9.06. The van der Waals surface area contributed by atoms with E-state index in [1.165, 1.54) is 12.8 Å². The fourth-order valence-electron chi connectivity index (χ4n) is 2.73. The fourth-order valence-corrected chi connectivity index (χ4v) is 2.73. The van der Waals surface area contributed by atoms with Gasteiger partial charge in [-0.1, -0.05) is 12.8 Å². The molecule has 1 N–H and O–H groups in total. The summed E-state index contributed by atoms with van der Waals surface area (Å²) in [5.41, 5.74) is 1.10. The van der Waals surface area contributed by atoms with Crippen molar-refractivity contribution in [1.29, 1.82) is 0 Å². The van der Waals surface area contributed by atoms with Crippen LogP contribution in [0.3, 0.4) is 0 Å². The lowest BCUT2D eigenvalue weighted by Crippen LogP contribution is -2.36. The zero-order valence-corrected chi connectivity index (χ0v) is 11.7. The van der Waals surface area contributed by atoms with Gasteiger partial charge in [-0.25, -0.2) is 0 Å².